The molecule has 0 bridgehead atoms. The lowest BCUT2D eigenvalue weighted by atomic mass is 9.97. The largest absolute Gasteiger partial charge is 0.480 e. The maximum Gasteiger partial charge on any atom is 0.325 e. The fraction of sp³-hybridized carbons (Fsp3) is 0.286. The van der Waals surface area contributed by atoms with Crippen LogP contribution in [0.2, 0.25) is 0 Å². The zero-order valence-electron chi connectivity index (χ0n) is 15.7. The number of benzene rings is 2. The maximum absolute atomic E-state index is 13.2. The number of rotatable bonds is 8. The van der Waals surface area contributed by atoms with Crippen molar-refractivity contribution in [2.24, 2.45) is 5.92 Å². The molecular weight excluding hydrogens is 363 g/mol. The van der Waals surface area contributed by atoms with Crippen molar-refractivity contribution in [3.8, 4) is 0 Å². The Bertz CT molecular complexity index is 852. The van der Waals surface area contributed by atoms with Crippen molar-refractivity contribution in [3.05, 3.63) is 65.5 Å². The Labute approximate surface area is 162 Å². The van der Waals surface area contributed by atoms with E-state index in [-0.39, 0.29) is 24.1 Å². The summed E-state index contributed by atoms with van der Waals surface area (Å²) in [7, 11) is 0. The monoisotopic (exact) mass is 386 g/mol. The van der Waals surface area contributed by atoms with Crippen LogP contribution in [0.4, 0.5) is 10.1 Å². The molecule has 0 aliphatic rings. The number of carboxylic acid groups (broad SMARTS) is 1. The Morgan fingerprint density at radius 1 is 1.07 bits per heavy atom. The first kappa shape index (κ1) is 21.1. The summed E-state index contributed by atoms with van der Waals surface area (Å²) in [5.41, 5.74) is 1.67. The van der Waals surface area contributed by atoms with Crippen LogP contribution < -0.4 is 10.6 Å². The molecule has 28 heavy (non-hydrogen) atoms. The summed E-state index contributed by atoms with van der Waals surface area (Å²) in [6.07, 6.45) is 0.862. The smallest absolute Gasteiger partial charge is 0.325 e. The van der Waals surface area contributed by atoms with Crippen LogP contribution in [0, 0.1) is 11.7 Å². The van der Waals surface area contributed by atoms with Crippen LogP contribution in [0.25, 0.3) is 0 Å². The van der Waals surface area contributed by atoms with E-state index in [1.807, 2.05) is 13.0 Å². The van der Waals surface area contributed by atoms with Gasteiger partial charge in [0.2, 0.25) is 5.91 Å². The van der Waals surface area contributed by atoms with Gasteiger partial charge in [-0.2, -0.15) is 0 Å². The third-order valence-electron chi connectivity index (χ3n) is 4.16. The van der Waals surface area contributed by atoms with Crippen molar-refractivity contribution >= 4 is 23.5 Å². The molecule has 2 aromatic rings. The molecule has 0 aliphatic heterocycles. The van der Waals surface area contributed by atoms with E-state index in [1.165, 1.54) is 31.2 Å². The van der Waals surface area contributed by atoms with Crippen molar-refractivity contribution in [1.82, 2.24) is 5.32 Å². The van der Waals surface area contributed by atoms with Gasteiger partial charge in [0.1, 0.15) is 11.9 Å². The van der Waals surface area contributed by atoms with E-state index < -0.39 is 17.9 Å². The summed E-state index contributed by atoms with van der Waals surface area (Å²) >= 11 is 0. The Hall–Kier alpha value is -3.22. The molecule has 0 saturated carbocycles. The molecule has 0 aromatic heterocycles. The maximum atomic E-state index is 13.2. The van der Waals surface area contributed by atoms with E-state index in [4.69, 9.17) is 5.11 Å². The van der Waals surface area contributed by atoms with E-state index in [0.717, 1.165) is 5.56 Å². The lowest BCUT2D eigenvalue weighted by Crippen LogP contribution is -2.38. The van der Waals surface area contributed by atoms with Crippen LogP contribution in [-0.2, 0) is 16.0 Å². The summed E-state index contributed by atoms with van der Waals surface area (Å²) in [5, 5.41) is 13.9. The van der Waals surface area contributed by atoms with Crippen molar-refractivity contribution in [2.45, 2.75) is 32.7 Å². The minimum Gasteiger partial charge on any atom is -0.480 e. The molecule has 0 fully saturated rings. The predicted molar refractivity (Wildman–Crippen MR) is 104 cm³/mol. The molecule has 0 heterocycles. The molecule has 0 radical (unpaired) electrons. The van der Waals surface area contributed by atoms with Gasteiger partial charge in [-0.05, 0) is 61.2 Å². The van der Waals surface area contributed by atoms with Gasteiger partial charge < -0.3 is 15.7 Å². The lowest BCUT2D eigenvalue weighted by Gasteiger charge is -2.13. The minimum atomic E-state index is -1.12. The number of carbonyl (C=O) groups is 3. The van der Waals surface area contributed by atoms with Gasteiger partial charge in [0.15, 0.2) is 0 Å². The quantitative estimate of drug-likeness (QED) is 0.649. The molecule has 2 atom stereocenters. The third kappa shape index (κ3) is 6.50. The highest BCUT2D eigenvalue weighted by Crippen LogP contribution is 2.15. The Morgan fingerprint density at radius 3 is 2.36 bits per heavy atom. The van der Waals surface area contributed by atoms with Crippen LogP contribution in [0.3, 0.4) is 0 Å². The average molecular weight is 386 g/mol. The zero-order valence-corrected chi connectivity index (χ0v) is 15.7. The lowest BCUT2D eigenvalue weighted by molar-refractivity contribution is -0.138. The summed E-state index contributed by atoms with van der Waals surface area (Å²) < 4.78 is 13.2. The number of nitrogens with one attached hydrogen (secondary N) is 2. The molecule has 2 amide bonds. The number of aliphatic carboxylic acids is 1. The normalized spacial score (nSPS) is 12.7. The highest BCUT2D eigenvalue weighted by atomic mass is 19.1. The highest BCUT2D eigenvalue weighted by Gasteiger charge is 2.15. The molecule has 6 nitrogen and oxygen atoms in total. The molecule has 0 spiro atoms. The number of halogens is 1. The second-order valence-corrected chi connectivity index (χ2v) is 6.80. The van der Waals surface area contributed by atoms with Crippen molar-refractivity contribution in [3.63, 3.8) is 0 Å². The minimum absolute atomic E-state index is 0.0318. The van der Waals surface area contributed by atoms with Crippen LogP contribution >= 0.6 is 0 Å². The molecular formula is C21H23FN2O4. The first-order valence-corrected chi connectivity index (χ1v) is 8.92. The number of carbonyl (C=O) groups excluding carboxylic acids is 2. The third-order valence-corrected chi connectivity index (χ3v) is 4.16. The van der Waals surface area contributed by atoms with Gasteiger partial charge in [-0.3, -0.25) is 14.4 Å². The summed E-state index contributed by atoms with van der Waals surface area (Å²) in [6, 6.07) is 11.5. The number of hydrogen-bond acceptors (Lipinski definition) is 3. The average Bonchev–Trinajstić information content (AvgIpc) is 2.61. The first-order valence-electron chi connectivity index (χ1n) is 8.92. The van der Waals surface area contributed by atoms with Crippen LogP contribution in [0.15, 0.2) is 48.5 Å². The van der Waals surface area contributed by atoms with Gasteiger partial charge in [0.25, 0.3) is 5.91 Å². The molecule has 2 aromatic carbocycles. The summed E-state index contributed by atoms with van der Waals surface area (Å²) in [6.45, 7) is 3.29. The molecule has 7 heteroatoms. The highest BCUT2D eigenvalue weighted by molar-refractivity contribution is 5.97. The van der Waals surface area contributed by atoms with E-state index in [1.54, 1.807) is 18.2 Å². The van der Waals surface area contributed by atoms with Gasteiger partial charge in [-0.15, -0.1) is 0 Å². The van der Waals surface area contributed by atoms with Crippen LogP contribution in [0.1, 0.15) is 36.2 Å². The standard InChI is InChI=1S/C21H23FN2O4/c1-13(10-15-4-3-5-17(22)12-15)11-19(25)24-18-8-6-16(7-9-18)20(26)23-14(2)21(27)28/h3-9,12-14H,10-11H2,1-2H3,(H,23,26)(H,24,25)(H,27,28). The predicted octanol–water partition coefficient (Wildman–Crippen LogP) is 3.24. The molecule has 0 aliphatic carbocycles. The fourth-order valence-electron chi connectivity index (χ4n) is 2.71. The Morgan fingerprint density at radius 2 is 1.75 bits per heavy atom. The fourth-order valence-corrected chi connectivity index (χ4v) is 2.71. The van der Waals surface area contributed by atoms with E-state index >= 15 is 0 Å². The number of amides is 2. The van der Waals surface area contributed by atoms with Crippen molar-refractivity contribution in [1.29, 1.82) is 0 Å². The topological polar surface area (TPSA) is 95.5 Å². The van der Waals surface area contributed by atoms with E-state index in [2.05, 4.69) is 10.6 Å². The zero-order chi connectivity index (χ0) is 20.7. The molecule has 3 N–H and O–H groups in total. The van der Waals surface area contributed by atoms with Crippen LogP contribution in [0.5, 0.6) is 0 Å². The van der Waals surface area contributed by atoms with Gasteiger partial charge >= 0.3 is 5.97 Å². The number of carboxylic acids is 1. The molecule has 2 unspecified atom stereocenters. The molecule has 148 valence electrons. The molecule has 2 rings (SSSR count). The van der Waals surface area contributed by atoms with Crippen LogP contribution in [-0.4, -0.2) is 28.9 Å². The van der Waals surface area contributed by atoms with Crippen molar-refractivity contribution in [2.75, 3.05) is 5.32 Å². The van der Waals surface area contributed by atoms with Gasteiger partial charge in [-0.25, -0.2) is 4.39 Å². The number of hydrogen-bond donors (Lipinski definition) is 3. The number of anilines is 1. The van der Waals surface area contributed by atoms with E-state index in [0.29, 0.717) is 17.7 Å². The Kier molecular flexibility index (Phi) is 7.26. The second kappa shape index (κ2) is 9.64. The summed E-state index contributed by atoms with van der Waals surface area (Å²) in [4.78, 5) is 34.9. The summed E-state index contributed by atoms with van der Waals surface area (Å²) in [5.74, 6) is -2.07. The Balaban J connectivity index is 1.86. The first-order chi connectivity index (χ1) is 13.2. The SMILES string of the molecule is CC(CC(=O)Nc1ccc(C(=O)NC(C)C(=O)O)cc1)Cc1cccc(F)c1. The second-order valence-electron chi connectivity index (χ2n) is 6.80. The van der Waals surface area contributed by atoms with Crippen molar-refractivity contribution < 1.29 is 23.9 Å². The molecule has 0 saturated heterocycles. The van der Waals surface area contributed by atoms with E-state index in [9.17, 15) is 18.8 Å². The van der Waals surface area contributed by atoms with Gasteiger partial charge in [-0.1, -0.05) is 19.1 Å². The van der Waals surface area contributed by atoms with Gasteiger partial charge in [0, 0.05) is 17.7 Å². The van der Waals surface area contributed by atoms with Gasteiger partial charge in [0.05, 0.1) is 0 Å².